The molecule has 0 aliphatic carbocycles. The molecular formula is C24H31F3N4O5. The molecule has 2 rings (SSSR count). The molecule has 3 amide bonds. The summed E-state index contributed by atoms with van der Waals surface area (Å²) in [6.07, 6.45) is -4.31. The second kappa shape index (κ2) is 12.0. The van der Waals surface area contributed by atoms with Crippen LogP contribution in [0.5, 0.6) is 5.75 Å². The fourth-order valence-electron chi connectivity index (χ4n) is 3.72. The van der Waals surface area contributed by atoms with Gasteiger partial charge in [0.2, 0.25) is 11.8 Å². The van der Waals surface area contributed by atoms with Crippen LogP contribution in [0.3, 0.4) is 0 Å². The zero-order valence-corrected chi connectivity index (χ0v) is 20.7. The number of rotatable bonds is 7. The lowest BCUT2D eigenvalue weighted by Crippen LogP contribution is -2.53. The Hall–Kier alpha value is -3.49. The van der Waals surface area contributed by atoms with Crippen LogP contribution in [0.1, 0.15) is 58.1 Å². The molecule has 0 unspecified atom stereocenters. The molecule has 0 radical (unpaired) electrons. The highest BCUT2D eigenvalue weighted by atomic mass is 19.4. The molecule has 1 aliphatic rings. The van der Waals surface area contributed by atoms with Crippen LogP contribution < -0.4 is 15.4 Å². The highest BCUT2D eigenvalue weighted by molar-refractivity contribution is 5.87. The average Bonchev–Trinajstić information content (AvgIpc) is 2.78. The Bertz CT molecular complexity index is 1000. The Morgan fingerprint density at radius 1 is 1.25 bits per heavy atom. The highest BCUT2D eigenvalue weighted by Gasteiger charge is 2.34. The van der Waals surface area contributed by atoms with Gasteiger partial charge in [0.05, 0.1) is 17.6 Å². The van der Waals surface area contributed by atoms with Gasteiger partial charge in [-0.1, -0.05) is 13.0 Å². The number of ether oxygens (including phenoxy) is 2. The van der Waals surface area contributed by atoms with Crippen LogP contribution in [-0.4, -0.2) is 53.9 Å². The fourth-order valence-corrected chi connectivity index (χ4v) is 3.72. The molecule has 9 nitrogen and oxygen atoms in total. The molecule has 1 saturated heterocycles. The lowest BCUT2D eigenvalue weighted by Gasteiger charge is -2.34. The molecule has 2 N–H and O–H groups in total. The predicted octanol–water partition coefficient (Wildman–Crippen LogP) is 3.61. The summed E-state index contributed by atoms with van der Waals surface area (Å²) in [6, 6.07) is 4.49. The summed E-state index contributed by atoms with van der Waals surface area (Å²) in [4.78, 5) is 39.4. The van der Waals surface area contributed by atoms with E-state index in [0.717, 1.165) is 6.07 Å². The first-order valence-electron chi connectivity index (χ1n) is 11.6. The van der Waals surface area contributed by atoms with E-state index in [2.05, 4.69) is 15.4 Å². The predicted molar refractivity (Wildman–Crippen MR) is 122 cm³/mol. The number of nitrogens with one attached hydrogen (secondary N) is 2. The first-order valence-corrected chi connectivity index (χ1v) is 11.6. The van der Waals surface area contributed by atoms with Crippen LogP contribution in [0.2, 0.25) is 0 Å². The number of carbonyl (C=O) groups is 3. The summed E-state index contributed by atoms with van der Waals surface area (Å²) < 4.78 is 47.5. The molecule has 2 atom stereocenters. The summed E-state index contributed by atoms with van der Waals surface area (Å²) in [6.45, 7) is 7.13. The lowest BCUT2D eigenvalue weighted by atomic mass is 9.96. The van der Waals surface area contributed by atoms with Crippen molar-refractivity contribution >= 4 is 17.9 Å². The van der Waals surface area contributed by atoms with Gasteiger partial charge >= 0.3 is 12.5 Å². The van der Waals surface area contributed by atoms with Crippen molar-refractivity contribution in [1.82, 2.24) is 15.5 Å². The SMILES string of the molecule is CC[C@@H](NC(=O)OC(C)(C)C)C(=O)N1CCC[C@@H](C(=O)NCc2ccc(C#N)cc2OC(F)(F)F)C1. The third kappa shape index (κ3) is 8.94. The van der Waals surface area contributed by atoms with Crippen molar-refractivity contribution in [1.29, 1.82) is 5.26 Å². The number of nitrogens with zero attached hydrogens (tertiary/aromatic N) is 2. The zero-order chi connectivity index (χ0) is 27.1. The quantitative estimate of drug-likeness (QED) is 0.576. The molecule has 1 aromatic carbocycles. The minimum absolute atomic E-state index is 0.0174. The monoisotopic (exact) mass is 512 g/mol. The van der Waals surface area contributed by atoms with E-state index in [1.807, 2.05) is 0 Å². The summed E-state index contributed by atoms with van der Waals surface area (Å²) in [7, 11) is 0. The van der Waals surface area contributed by atoms with Crippen LogP contribution in [0.15, 0.2) is 18.2 Å². The largest absolute Gasteiger partial charge is 0.573 e. The van der Waals surface area contributed by atoms with Crippen molar-refractivity contribution in [3.8, 4) is 11.8 Å². The Morgan fingerprint density at radius 3 is 2.53 bits per heavy atom. The number of likely N-dealkylation sites (tertiary alicyclic amines) is 1. The maximum atomic E-state index is 13.0. The minimum Gasteiger partial charge on any atom is -0.444 e. The maximum Gasteiger partial charge on any atom is 0.573 e. The van der Waals surface area contributed by atoms with E-state index < -0.39 is 41.7 Å². The Kier molecular flexibility index (Phi) is 9.55. The number of hydrogen-bond donors (Lipinski definition) is 2. The average molecular weight is 513 g/mol. The van der Waals surface area contributed by atoms with E-state index in [0.29, 0.717) is 25.8 Å². The van der Waals surface area contributed by atoms with Gasteiger partial charge in [0.15, 0.2) is 0 Å². The van der Waals surface area contributed by atoms with E-state index >= 15 is 0 Å². The normalized spacial score (nSPS) is 16.9. The van der Waals surface area contributed by atoms with Gasteiger partial charge in [0.1, 0.15) is 17.4 Å². The number of hydrogen-bond acceptors (Lipinski definition) is 6. The number of halogens is 3. The summed E-state index contributed by atoms with van der Waals surface area (Å²) in [5.74, 6) is -1.91. The van der Waals surface area contributed by atoms with E-state index in [1.54, 1.807) is 33.8 Å². The molecule has 1 aromatic rings. The molecule has 0 spiro atoms. The second-order valence-corrected chi connectivity index (χ2v) is 9.43. The van der Waals surface area contributed by atoms with Gasteiger partial charge in [-0.05, 0) is 52.2 Å². The Labute approximate surface area is 207 Å². The van der Waals surface area contributed by atoms with E-state index in [1.165, 1.54) is 17.0 Å². The van der Waals surface area contributed by atoms with Crippen molar-refractivity contribution in [2.75, 3.05) is 13.1 Å². The van der Waals surface area contributed by atoms with Gasteiger partial charge in [-0.2, -0.15) is 5.26 Å². The molecule has 0 aromatic heterocycles. The molecule has 12 heteroatoms. The minimum atomic E-state index is -4.96. The Balaban J connectivity index is 2.01. The van der Waals surface area contributed by atoms with Gasteiger partial charge in [-0.3, -0.25) is 9.59 Å². The molecule has 0 bridgehead atoms. The number of alkyl carbamates (subject to hydrolysis) is 1. The van der Waals surface area contributed by atoms with Crippen LogP contribution in [0.25, 0.3) is 0 Å². The standard InChI is InChI=1S/C24H31F3N4O5/c1-5-18(30-22(34)36-23(2,3)4)21(33)31-10-6-7-17(14-31)20(32)29-13-16-9-8-15(12-28)11-19(16)35-24(25,26)27/h8-9,11,17-18H,5-7,10,13-14H2,1-4H3,(H,29,32)(H,30,34)/t17-,18-/m1/s1. The number of amides is 3. The first-order chi connectivity index (χ1) is 16.7. The number of carbonyl (C=O) groups excluding carboxylic acids is 3. The van der Waals surface area contributed by atoms with Gasteiger partial charge in [-0.15, -0.1) is 13.2 Å². The highest BCUT2D eigenvalue weighted by Crippen LogP contribution is 2.28. The van der Waals surface area contributed by atoms with Gasteiger partial charge in [-0.25, -0.2) is 4.79 Å². The van der Waals surface area contributed by atoms with E-state index in [4.69, 9.17) is 10.00 Å². The van der Waals surface area contributed by atoms with Crippen LogP contribution in [-0.2, 0) is 20.9 Å². The maximum absolute atomic E-state index is 13.0. The van der Waals surface area contributed by atoms with Crippen molar-refractivity contribution in [2.45, 2.75) is 71.5 Å². The molecule has 1 fully saturated rings. The first kappa shape index (κ1) is 28.7. The fraction of sp³-hybridized carbons (Fsp3) is 0.583. The van der Waals surface area contributed by atoms with Crippen molar-refractivity contribution < 1.29 is 37.0 Å². The molecule has 0 saturated carbocycles. The number of piperidine rings is 1. The van der Waals surface area contributed by atoms with Crippen LogP contribution in [0, 0.1) is 17.2 Å². The molecule has 1 heterocycles. The number of benzene rings is 1. The lowest BCUT2D eigenvalue weighted by molar-refractivity contribution is -0.274. The molecule has 36 heavy (non-hydrogen) atoms. The molecule has 1 aliphatic heterocycles. The van der Waals surface area contributed by atoms with E-state index in [-0.39, 0.29) is 30.1 Å². The summed E-state index contributed by atoms with van der Waals surface area (Å²) in [5, 5.41) is 14.1. The smallest absolute Gasteiger partial charge is 0.444 e. The number of alkyl halides is 3. The topological polar surface area (TPSA) is 121 Å². The third-order valence-electron chi connectivity index (χ3n) is 5.38. The second-order valence-electron chi connectivity index (χ2n) is 9.43. The summed E-state index contributed by atoms with van der Waals surface area (Å²) >= 11 is 0. The third-order valence-corrected chi connectivity index (χ3v) is 5.38. The molecule has 198 valence electrons. The summed E-state index contributed by atoms with van der Waals surface area (Å²) in [5.41, 5.74) is -0.688. The van der Waals surface area contributed by atoms with E-state index in [9.17, 15) is 27.6 Å². The van der Waals surface area contributed by atoms with Crippen molar-refractivity contribution in [3.63, 3.8) is 0 Å². The Morgan fingerprint density at radius 2 is 1.94 bits per heavy atom. The van der Waals surface area contributed by atoms with Crippen LogP contribution >= 0.6 is 0 Å². The van der Waals surface area contributed by atoms with Crippen molar-refractivity contribution in [2.24, 2.45) is 5.92 Å². The van der Waals surface area contributed by atoms with Gasteiger partial charge in [0, 0.05) is 25.2 Å². The molecular weight excluding hydrogens is 481 g/mol. The van der Waals surface area contributed by atoms with Gasteiger partial charge < -0.3 is 25.0 Å². The number of nitriles is 1. The van der Waals surface area contributed by atoms with Crippen LogP contribution in [0.4, 0.5) is 18.0 Å². The van der Waals surface area contributed by atoms with Crippen molar-refractivity contribution in [3.05, 3.63) is 29.3 Å². The zero-order valence-electron chi connectivity index (χ0n) is 20.7. The van der Waals surface area contributed by atoms with Gasteiger partial charge in [0.25, 0.3) is 0 Å².